The van der Waals surface area contributed by atoms with Crippen LogP contribution in [-0.2, 0) is 0 Å². The summed E-state index contributed by atoms with van der Waals surface area (Å²) in [6.45, 7) is 2.04. The fraction of sp³-hybridized carbons (Fsp3) is 0.0435. The molecule has 2 aromatic heterocycles. The lowest BCUT2D eigenvalue weighted by molar-refractivity contribution is 0.636. The highest BCUT2D eigenvalue weighted by Crippen LogP contribution is 2.40. The monoisotopic (exact) mass is 672 g/mol. The molecule has 10 rings (SSSR count). The number of nitrogens with two attached hydrogens (primary N) is 1. The molecule has 1 unspecified atom stereocenters. The maximum Gasteiger partial charge on any atom is 0.199 e. The molecule has 0 spiro atoms. The SMILES string of the molecule is C/C=C(/c1cccc2cc(C3N=C(c4ccc5ccccc5c4)NC(c4cccc5oc6ccccc6c45)=N3)ccc12)c1c(N)oc2ccccc12. The third-order valence-corrected chi connectivity index (χ3v) is 10.1. The predicted octanol–water partition coefficient (Wildman–Crippen LogP) is 11.2. The van der Waals surface area contributed by atoms with Gasteiger partial charge in [0.2, 0.25) is 0 Å². The molecular weight excluding hydrogens is 641 g/mol. The Hall–Kier alpha value is -6.92. The second-order valence-electron chi connectivity index (χ2n) is 13.1. The minimum atomic E-state index is -0.492. The topological polar surface area (TPSA) is 89.0 Å². The van der Waals surface area contributed by atoms with E-state index in [2.05, 4.69) is 108 Å². The molecule has 248 valence electrons. The van der Waals surface area contributed by atoms with Gasteiger partial charge in [0.05, 0.1) is 5.56 Å². The number of fused-ring (bicyclic) bond motifs is 6. The first-order valence-electron chi connectivity index (χ1n) is 17.4. The highest BCUT2D eigenvalue weighted by molar-refractivity contribution is 6.23. The fourth-order valence-electron chi connectivity index (χ4n) is 7.67. The van der Waals surface area contributed by atoms with E-state index in [-0.39, 0.29) is 0 Å². The van der Waals surface area contributed by atoms with Gasteiger partial charge in [0.1, 0.15) is 28.4 Å². The Kier molecular flexibility index (Phi) is 6.83. The van der Waals surface area contributed by atoms with Crippen LogP contribution in [0.25, 0.3) is 60.0 Å². The van der Waals surface area contributed by atoms with Crippen molar-refractivity contribution in [1.82, 2.24) is 5.32 Å². The number of para-hydroxylation sites is 2. The van der Waals surface area contributed by atoms with Crippen molar-refractivity contribution in [3.05, 3.63) is 179 Å². The number of hydrogen-bond donors (Lipinski definition) is 2. The lowest BCUT2D eigenvalue weighted by Gasteiger charge is -2.23. The van der Waals surface area contributed by atoms with Crippen molar-refractivity contribution in [3.8, 4) is 0 Å². The van der Waals surface area contributed by atoms with Crippen molar-refractivity contribution < 1.29 is 8.83 Å². The van der Waals surface area contributed by atoms with Crippen LogP contribution in [0.2, 0.25) is 0 Å². The highest BCUT2D eigenvalue weighted by atomic mass is 16.3. The number of anilines is 1. The van der Waals surface area contributed by atoms with E-state index >= 15 is 0 Å². The smallest absolute Gasteiger partial charge is 0.199 e. The minimum absolute atomic E-state index is 0.412. The molecule has 0 radical (unpaired) electrons. The Morgan fingerprint density at radius 2 is 1.33 bits per heavy atom. The Labute approximate surface area is 299 Å². The lowest BCUT2D eigenvalue weighted by atomic mass is 9.91. The molecular formula is C46H32N4O2. The van der Waals surface area contributed by atoms with E-state index in [9.17, 15) is 0 Å². The molecule has 9 aromatic rings. The zero-order chi connectivity index (χ0) is 34.8. The molecule has 6 nitrogen and oxygen atoms in total. The summed E-state index contributed by atoms with van der Waals surface area (Å²) in [6.07, 6.45) is 1.62. The molecule has 1 atom stereocenters. The van der Waals surface area contributed by atoms with Gasteiger partial charge in [-0.15, -0.1) is 0 Å². The van der Waals surface area contributed by atoms with Crippen LogP contribution in [-0.4, -0.2) is 11.7 Å². The molecule has 1 aliphatic rings. The summed E-state index contributed by atoms with van der Waals surface area (Å²) < 4.78 is 12.2. The molecule has 1 aliphatic heterocycles. The Balaban J connectivity index is 1.13. The number of benzene rings is 7. The number of rotatable bonds is 5. The average Bonchev–Trinajstić information content (AvgIpc) is 3.75. The summed E-state index contributed by atoms with van der Waals surface area (Å²) in [7, 11) is 0. The van der Waals surface area contributed by atoms with E-state index in [0.717, 1.165) is 94.1 Å². The third kappa shape index (κ3) is 4.80. The van der Waals surface area contributed by atoms with Crippen LogP contribution in [0.3, 0.4) is 0 Å². The van der Waals surface area contributed by atoms with Gasteiger partial charge in [-0.05, 0) is 75.5 Å². The van der Waals surface area contributed by atoms with Gasteiger partial charge in [0, 0.05) is 27.3 Å². The summed E-state index contributed by atoms with van der Waals surface area (Å²) in [6, 6.07) is 50.0. The van der Waals surface area contributed by atoms with Crippen LogP contribution in [0.15, 0.2) is 170 Å². The Morgan fingerprint density at radius 3 is 2.19 bits per heavy atom. The molecule has 0 amide bonds. The molecule has 0 aliphatic carbocycles. The van der Waals surface area contributed by atoms with Crippen LogP contribution in [0.1, 0.15) is 40.9 Å². The number of amidine groups is 2. The van der Waals surface area contributed by atoms with Gasteiger partial charge in [-0.25, -0.2) is 9.98 Å². The molecule has 0 bridgehead atoms. The molecule has 0 saturated heterocycles. The normalized spacial score (nSPS) is 15.0. The first-order valence-corrected chi connectivity index (χ1v) is 17.4. The first kappa shape index (κ1) is 29.9. The van der Waals surface area contributed by atoms with Crippen molar-refractivity contribution in [3.63, 3.8) is 0 Å². The molecule has 52 heavy (non-hydrogen) atoms. The van der Waals surface area contributed by atoms with Crippen LogP contribution in [0.5, 0.6) is 0 Å². The predicted molar refractivity (Wildman–Crippen MR) is 214 cm³/mol. The quantitative estimate of drug-likeness (QED) is 0.190. The summed E-state index contributed by atoms with van der Waals surface area (Å²) in [5, 5.41) is 11.2. The summed E-state index contributed by atoms with van der Waals surface area (Å²) in [4.78, 5) is 10.6. The number of hydrogen-bond acceptors (Lipinski definition) is 6. The number of nitrogens with one attached hydrogen (secondary N) is 1. The lowest BCUT2D eigenvalue weighted by Crippen LogP contribution is -2.36. The fourth-order valence-corrected chi connectivity index (χ4v) is 7.67. The minimum Gasteiger partial charge on any atom is -0.456 e. The van der Waals surface area contributed by atoms with E-state index in [0.29, 0.717) is 5.88 Å². The average molecular weight is 673 g/mol. The number of nitrogens with zero attached hydrogens (tertiary/aromatic N) is 2. The van der Waals surface area contributed by atoms with Gasteiger partial charge in [-0.2, -0.15) is 0 Å². The Morgan fingerprint density at radius 1 is 0.615 bits per heavy atom. The van der Waals surface area contributed by atoms with E-state index in [1.807, 2.05) is 55.5 Å². The van der Waals surface area contributed by atoms with E-state index in [4.69, 9.17) is 24.6 Å². The number of nitrogen functional groups attached to an aromatic ring is 1. The van der Waals surface area contributed by atoms with Gasteiger partial charge < -0.3 is 19.9 Å². The molecule has 3 N–H and O–H groups in total. The van der Waals surface area contributed by atoms with Crippen molar-refractivity contribution >= 4 is 77.6 Å². The van der Waals surface area contributed by atoms with E-state index in [1.165, 1.54) is 5.39 Å². The van der Waals surface area contributed by atoms with Crippen molar-refractivity contribution in [1.29, 1.82) is 0 Å². The van der Waals surface area contributed by atoms with Crippen molar-refractivity contribution in [2.75, 3.05) is 5.73 Å². The maximum absolute atomic E-state index is 6.49. The number of allylic oxidation sites excluding steroid dienone is 1. The standard InChI is InChI=1S/C46H32N4O2/c1-2-32(42-36-15-6-8-19-39(36)52-43(42)47)34-16-9-13-29-26-31(23-24-33(29)34)45-48-44(30-22-21-27-11-3-4-12-28(27)25-30)49-46(50-45)37-17-10-20-40-41(37)35-14-5-7-18-38(35)51-40/h2-26,45H,47H2,1H3,(H,48,49,50)/b32-2-. The maximum atomic E-state index is 6.49. The van der Waals surface area contributed by atoms with Gasteiger partial charge in [0.25, 0.3) is 0 Å². The largest absolute Gasteiger partial charge is 0.456 e. The molecule has 7 aromatic carbocycles. The summed E-state index contributed by atoms with van der Waals surface area (Å²) >= 11 is 0. The third-order valence-electron chi connectivity index (χ3n) is 10.1. The van der Waals surface area contributed by atoms with Gasteiger partial charge in [-0.3, -0.25) is 0 Å². The number of aliphatic imine (C=N–C) groups is 2. The zero-order valence-corrected chi connectivity index (χ0v) is 28.3. The number of furan rings is 2. The van der Waals surface area contributed by atoms with Crippen molar-refractivity contribution in [2.45, 2.75) is 13.1 Å². The molecule has 0 saturated carbocycles. The summed E-state index contributed by atoms with van der Waals surface area (Å²) in [5.74, 6) is 1.92. The summed E-state index contributed by atoms with van der Waals surface area (Å²) in [5.41, 5.74) is 14.9. The van der Waals surface area contributed by atoms with Gasteiger partial charge in [0.15, 0.2) is 12.0 Å². The van der Waals surface area contributed by atoms with Crippen LogP contribution in [0, 0.1) is 0 Å². The second-order valence-corrected chi connectivity index (χ2v) is 13.1. The van der Waals surface area contributed by atoms with Crippen LogP contribution < -0.4 is 11.1 Å². The molecule has 3 heterocycles. The van der Waals surface area contributed by atoms with Crippen LogP contribution >= 0.6 is 0 Å². The van der Waals surface area contributed by atoms with E-state index < -0.39 is 6.17 Å². The molecule has 6 heteroatoms. The van der Waals surface area contributed by atoms with E-state index in [1.54, 1.807) is 0 Å². The highest BCUT2D eigenvalue weighted by Gasteiger charge is 2.25. The van der Waals surface area contributed by atoms with Crippen LogP contribution in [0.4, 0.5) is 5.88 Å². The molecule has 0 fully saturated rings. The first-order chi connectivity index (χ1) is 25.6. The van der Waals surface area contributed by atoms with Gasteiger partial charge >= 0.3 is 0 Å². The van der Waals surface area contributed by atoms with Gasteiger partial charge in [-0.1, -0.05) is 121 Å². The second kappa shape index (κ2) is 11.9. The zero-order valence-electron chi connectivity index (χ0n) is 28.3. The van der Waals surface area contributed by atoms with Crippen molar-refractivity contribution in [2.24, 2.45) is 9.98 Å². The Bertz CT molecular complexity index is 2980.